The smallest absolute Gasteiger partial charge is 0.150 e. The molecule has 21 heavy (non-hydrogen) atoms. The Bertz CT molecular complexity index is 529. The fraction of sp³-hybridized carbons (Fsp3) is 0.500. The first-order valence-corrected chi connectivity index (χ1v) is 9.19. The van der Waals surface area contributed by atoms with Crippen molar-refractivity contribution >= 4 is 23.1 Å². The van der Waals surface area contributed by atoms with Crippen molar-refractivity contribution in [3.05, 3.63) is 29.9 Å². The van der Waals surface area contributed by atoms with Crippen molar-refractivity contribution in [3.8, 4) is 11.3 Å². The van der Waals surface area contributed by atoms with Gasteiger partial charge in [-0.25, -0.2) is 4.98 Å². The average Bonchev–Trinajstić information content (AvgIpc) is 2.92. The molecule has 2 rings (SSSR count). The second-order valence-corrected chi connectivity index (χ2v) is 7.71. The summed E-state index contributed by atoms with van der Waals surface area (Å²) in [6, 6.07) is 5.18. The van der Waals surface area contributed by atoms with E-state index in [2.05, 4.69) is 49.0 Å². The second kappa shape index (κ2) is 7.92. The number of hydrogen-bond donors (Lipinski definition) is 0. The van der Waals surface area contributed by atoms with Crippen molar-refractivity contribution < 1.29 is 0 Å². The van der Waals surface area contributed by atoms with Crippen LogP contribution in [0.4, 0.5) is 0 Å². The summed E-state index contributed by atoms with van der Waals surface area (Å²) in [5, 5.41) is 2.11. The van der Waals surface area contributed by atoms with Gasteiger partial charge in [-0.05, 0) is 39.8 Å². The van der Waals surface area contributed by atoms with Gasteiger partial charge in [0.15, 0.2) is 4.34 Å². The zero-order valence-corrected chi connectivity index (χ0v) is 14.7. The molecule has 3 nitrogen and oxygen atoms in total. The molecule has 0 aliphatic carbocycles. The monoisotopic (exact) mass is 321 g/mol. The molecule has 0 saturated heterocycles. The first-order chi connectivity index (χ1) is 10.1. The third-order valence-electron chi connectivity index (χ3n) is 3.34. The summed E-state index contributed by atoms with van der Waals surface area (Å²) in [6.45, 7) is 10.1. The van der Waals surface area contributed by atoms with Gasteiger partial charge in [-0.15, -0.1) is 11.3 Å². The van der Waals surface area contributed by atoms with Crippen LogP contribution in [0.5, 0.6) is 0 Å². The lowest BCUT2D eigenvalue weighted by Crippen LogP contribution is -2.38. The van der Waals surface area contributed by atoms with Crippen LogP contribution in [-0.4, -0.2) is 39.2 Å². The van der Waals surface area contributed by atoms with E-state index in [4.69, 9.17) is 4.98 Å². The summed E-state index contributed by atoms with van der Waals surface area (Å²) in [6.07, 6.45) is 3.65. The zero-order valence-electron chi connectivity index (χ0n) is 13.1. The van der Waals surface area contributed by atoms with Crippen molar-refractivity contribution in [2.24, 2.45) is 0 Å². The maximum absolute atomic E-state index is 4.69. The van der Waals surface area contributed by atoms with Crippen LogP contribution in [0.1, 0.15) is 27.7 Å². The SMILES string of the molecule is CC(C)N(CCSc1nc(-c2cccnc2)cs1)C(C)C. The van der Waals surface area contributed by atoms with Gasteiger partial charge < -0.3 is 0 Å². The summed E-state index contributed by atoms with van der Waals surface area (Å²) < 4.78 is 1.14. The molecular formula is C16H23N3S2. The summed E-state index contributed by atoms with van der Waals surface area (Å²) in [5.74, 6) is 1.08. The summed E-state index contributed by atoms with van der Waals surface area (Å²) in [5.41, 5.74) is 2.12. The number of hydrogen-bond acceptors (Lipinski definition) is 5. The van der Waals surface area contributed by atoms with Crippen LogP contribution in [0.25, 0.3) is 11.3 Å². The molecular weight excluding hydrogens is 298 g/mol. The summed E-state index contributed by atoms with van der Waals surface area (Å²) in [7, 11) is 0. The highest BCUT2D eigenvalue weighted by atomic mass is 32.2. The molecule has 0 spiro atoms. The average molecular weight is 322 g/mol. The van der Waals surface area contributed by atoms with E-state index in [0.717, 1.165) is 27.9 Å². The largest absolute Gasteiger partial charge is 0.298 e. The highest BCUT2D eigenvalue weighted by Crippen LogP contribution is 2.28. The van der Waals surface area contributed by atoms with Crippen molar-refractivity contribution in [1.82, 2.24) is 14.9 Å². The van der Waals surface area contributed by atoms with E-state index in [-0.39, 0.29) is 0 Å². The molecule has 0 saturated carbocycles. The molecule has 0 amide bonds. The van der Waals surface area contributed by atoms with E-state index >= 15 is 0 Å². The predicted molar refractivity (Wildman–Crippen MR) is 93.0 cm³/mol. The van der Waals surface area contributed by atoms with Crippen LogP contribution in [0.3, 0.4) is 0 Å². The molecule has 0 atom stereocenters. The van der Waals surface area contributed by atoms with Crippen molar-refractivity contribution in [2.75, 3.05) is 12.3 Å². The Morgan fingerprint density at radius 3 is 2.62 bits per heavy atom. The van der Waals surface area contributed by atoms with E-state index in [1.54, 1.807) is 17.5 Å². The fourth-order valence-electron chi connectivity index (χ4n) is 2.32. The normalized spacial score (nSPS) is 11.8. The minimum absolute atomic E-state index is 0.591. The van der Waals surface area contributed by atoms with Crippen LogP contribution in [0, 0.1) is 0 Å². The van der Waals surface area contributed by atoms with Crippen LogP contribution >= 0.6 is 23.1 Å². The first-order valence-electron chi connectivity index (χ1n) is 7.32. The van der Waals surface area contributed by atoms with Crippen molar-refractivity contribution in [1.29, 1.82) is 0 Å². The Hall–Kier alpha value is -0.910. The van der Waals surface area contributed by atoms with E-state index in [0.29, 0.717) is 12.1 Å². The van der Waals surface area contributed by atoms with Crippen LogP contribution in [0.15, 0.2) is 34.2 Å². The van der Waals surface area contributed by atoms with Gasteiger partial charge in [0.2, 0.25) is 0 Å². The molecule has 2 heterocycles. The molecule has 5 heteroatoms. The van der Waals surface area contributed by atoms with Gasteiger partial charge >= 0.3 is 0 Å². The second-order valence-electron chi connectivity index (χ2n) is 5.51. The van der Waals surface area contributed by atoms with Gasteiger partial charge in [0.05, 0.1) is 5.69 Å². The molecule has 0 bridgehead atoms. The lowest BCUT2D eigenvalue weighted by atomic mass is 10.2. The molecule has 2 aromatic rings. The molecule has 0 radical (unpaired) electrons. The van der Waals surface area contributed by atoms with Crippen molar-refractivity contribution in [2.45, 2.75) is 44.1 Å². The minimum atomic E-state index is 0.591. The van der Waals surface area contributed by atoms with Gasteiger partial charge in [0.25, 0.3) is 0 Å². The van der Waals surface area contributed by atoms with Crippen molar-refractivity contribution in [3.63, 3.8) is 0 Å². The number of rotatable bonds is 7. The van der Waals surface area contributed by atoms with Gasteiger partial charge in [0.1, 0.15) is 0 Å². The number of thioether (sulfide) groups is 1. The highest BCUT2D eigenvalue weighted by Gasteiger charge is 2.13. The molecule has 0 aliphatic heterocycles. The Morgan fingerprint density at radius 2 is 2.00 bits per heavy atom. The third kappa shape index (κ3) is 4.80. The summed E-state index contributed by atoms with van der Waals surface area (Å²) in [4.78, 5) is 11.4. The van der Waals surface area contributed by atoms with Crippen LogP contribution in [-0.2, 0) is 0 Å². The topological polar surface area (TPSA) is 29.0 Å². The number of pyridine rings is 1. The molecule has 0 aliphatic rings. The van der Waals surface area contributed by atoms with Gasteiger partial charge in [0, 0.05) is 47.7 Å². The third-order valence-corrected chi connectivity index (χ3v) is 5.34. The Labute approximate surface area is 135 Å². The zero-order chi connectivity index (χ0) is 15.2. The van der Waals surface area contributed by atoms with Crippen LogP contribution < -0.4 is 0 Å². The van der Waals surface area contributed by atoms with E-state index < -0.39 is 0 Å². The number of thiazole rings is 1. The molecule has 0 N–H and O–H groups in total. The van der Waals surface area contributed by atoms with E-state index in [1.165, 1.54) is 0 Å². The molecule has 0 aromatic carbocycles. The molecule has 0 unspecified atom stereocenters. The first kappa shape index (κ1) is 16.5. The standard InChI is InChI=1S/C16H23N3S2/c1-12(2)19(13(3)4)8-9-20-16-18-15(11-21-16)14-6-5-7-17-10-14/h5-7,10-13H,8-9H2,1-4H3. The fourth-order valence-corrected chi connectivity index (χ4v) is 4.18. The van der Waals surface area contributed by atoms with Gasteiger partial charge in [-0.1, -0.05) is 11.8 Å². The molecule has 2 aromatic heterocycles. The Morgan fingerprint density at radius 1 is 1.24 bits per heavy atom. The predicted octanol–water partition coefficient (Wildman–Crippen LogP) is 4.42. The Kier molecular flexibility index (Phi) is 6.21. The maximum Gasteiger partial charge on any atom is 0.150 e. The van der Waals surface area contributed by atoms with Crippen LogP contribution in [0.2, 0.25) is 0 Å². The van der Waals surface area contributed by atoms with Gasteiger partial charge in [-0.2, -0.15) is 0 Å². The Balaban J connectivity index is 1.89. The lowest BCUT2D eigenvalue weighted by molar-refractivity contribution is 0.187. The minimum Gasteiger partial charge on any atom is -0.298 e. The maximum atomic E-state index is 4.69. The number of nitrogens with zero attached hydrogens (tertiary/aromatic N) is 3. The van der Waals surface area contributed by atoms with E-state index in [1.807, 2.05) is 24.0 Å². The van der Waals surface area contributed by atoms with Gasteiger partial charge in [-0.3, -0.25) is 9.88 Å². The molecule has 0 fully saturated rings. The number of aromatic nitrogens is 2. The molecule has 114 valence electrons. The van der Waals surface area contributed by atoms with E-state index in [9.17, 15) is 0 Å². The quantitative estimate of drug-likeness (QED) is 0.706. The highest BCUT2D eigenvalue weighted by molar-refractivity contribution is 8.01. The summed E-state index contributed by atoms with van der Waals surface area (Å²) >= 11 is 3.56. The lowest BCUT2D eigenvalue weighted by Gasteiger charge is -2.30.